The molecule has 0 bridgehead atoms. The Bertz CT molecular complexity index is 1110. The van der Waals surface area contributed by atoms with Gasteiger partial charge in [0.2, 0.25) is 0 Å². The fourth-order valence-electron chi connectivity index (χ4n) is 3.34. The topological polar surface area (TPSA) is 63.2 Å². The minimum atomic E-state index is -0.206. The van der Waals surface area contributed by atoms with Crippen LogP contribution < -0.4 is 0 Å². The number of aromatic nitrogens is 2. The van der Waals surface area contributed by atoms with Gasteiger partial charge in [-0.2, -0.15) is 0 Å². The highest BCUT2D eigenvalue weighted by atomic mass is 35.5. The van der Waals surface area contributed by atoms with Crippen LogP contribution in [-0.4, -0.2) is 40.7 Å². The molecule has 0 aliphatic rings. The van der Waals surface area contributed by atoms with Gasteiger partial charge in [-0.3, -0.25) is 9.59 Å². The Morgan fingerprint density at radius 1 is 1.13 bits per heavy atom. The molecular weight excluding hydrogens is 410 g/mol. The minimum Gasteiger partial charge on any atom is -0.343 e. The van der Waals surface area contributed by atoms with Crippen molar-refractivity contribution in [2.45, 2.75) is 47.5 Å². The second-order valence-corrected chi connectivity index (χ2v) is 8.03. The molecule has 0 radical (unpaired) electrons. The summed E-state index contributed by atoms with van der Waals surface area (Å²) >= 11 is 6.03. The maximum absolute atomic E-state index is 13.0. The zero-order chi connectivity index (χ0) is 23.3. The number of rotatable bonds is 7. The molecule has 31 heavy (non-hydrogen) atoms. The maximum Gasteiger partial charge on any atom is 0.272 e. The van der Waals surface area contributed by atoms with Crippen molar-refractivity contribution in [1.29, 1.82) is 0 Å². The number of ketones is 1. The Kier molecular flexibility index (Phi) is 8.28. The van der Waals surface area contributed by atoms with Gasteiger partial charge < -0.3 is 4.90 Å². The molecule has 0 aliphatic carbocycles. The van der Waals surface area contributed by atoms with Gasteiger partial charge in [0.05, 0.1) is 5.52 Å². The van der Waals surface area contributed by atoms with Crippen LogP contribution in [0.4, 0.5) is 0 Å². The Labute approximate surface area is 189 Å². The van der Waals surface area contributed by atoms with Crippen LogP contribution in [0.25, 0.3) is 16.5 Å². The number of hydrogen-bond donors (Lipinski definition) is 0. The molecule has 1 amide bonds. The Hall–Kier alpha value is -2.79. The van der Waals surface area contributed by atoms with Gasteiger partial charge in [0.15, 0.2) is 5.78 Å². The highest BCUT2D eigenvalue weighted by Crippen LogP contribution is 2.31. The average molecular weight is 440 g/mol. The molecule has 0 fully saturated rings. The molecule has 2 rings (SSSR count). The van der Waals surface area contributed by atoms with Gasteiger partial charge in [-0.15, -0.1) is 0 Å². The Morgan fingerprint density at radius 3 is 2.35 bits per heavy atom. The van der Waals surface area contributed by atoms with Gasteiger partial charge in [0.1, 0.15) is 10.8 Å². The normalized spacial score (nSPS) is 13.3. The number of nitrogens with zero attached hydrogens (tertiary/aromatic N) is 3. The predicted molar refractivity (Wildman–Crippen MR) is 128 cm³/mol. The van der Waals surface area contributed by atoms with E-state index in [1.807, 2.05) is 52.8 Å². The van der Waals surface area contributed by atoms with E-state index in [1.165, 1.54) is 4.90 Å². The monoisotopic (exact) mass is 439 g/mol. The second-order valence-electron chi connectivity index (χ2n) is 7.64. The Morgan fingerprint density at radius 2 is 1.81 bits per heavy atom. The number of hydrogen-bond acceptors (Lipinski definition) is 4. The SMILES string of the molecule is C\C=C(/C(C)=C\C(C(=O)CC)=C(/C)CC)c1cc2cnc(Cl)cc2nc1C(=O)N(C)C. The van der Waals surface area contributed by atoms with Crippen molar-refractivity contribution in [2.75, 3.05) is 14.1 Å². The molecule has 0 N–H and O–H groups in total. The van der Waals surface area contributed by atoms with Crippen molar-refractivity contribution in [3.05, 3.63) is 63.6 Å². The fraction of sp³-hybridized carbons (Fsp3) is 0.360. The third-order valence-electron chi connectivity index (χ3n) is 5.25. The van der Waals surface area contributed by atoms with Crippen LogP contribution in [0.1, 0.15) is 63.5 Å². The summed E-state index contributed by atoms with van der Waals surface area (Å²) in [5.74, 6) is -0.101. The van der Waals surface area contributed by atoms with E-state index in [2.05, 4.69) is 9.97 Å². The van der Waals surface area contributed by atoms with Gasteiger partial charge in [0.25, 0.3) is 5.91 Å². The van der Waals surface area contributed by atoms with Gasteiger partial charge in [-0.05, 0) is 50.5 Å². The van der Waals surface area contributed by atoms with Crippen LogP contribution in [-0.2, 0) is 4.79 Å². The molecule has 5 nitrogen and oxygen atoms in total. The molecule has 0 atom stereocenters. The van der Waals surface area contributed by atoms with E-state index in [4.69, 9.17) is 11.6 Å². The highest BCUT2D eigenvalue weighted by Gasteiger charge is 2.21. The number of allylic oxidation sites excluding steroid dienone is 6. The van der Waals surface area contributed by atoms with Gasteiger partial charge in [-0.1, -0.05) is 37.1 Å². The van der Waals surface area contributed by atoms with Crippen LogP contribution in [0, 0.1) is 0 Å². The zero-order valence-corrected chi connectivity index (χ0v) is 20.1. The van der Waals surface area contributed by atoms with Crippen molar-refractivity contribution >= 4 is 39.8 Å². The lowest BCUT2D eigenvalue weighted by Crippen LogP contribution is -2.24. The summed E-state index contributed by atoms with van der Waals surface area (Å²) in [7, 11) is 3.39. The molecule has 0 aliphatic heterocycles. The van der Waals surface area contributed by atoms with E-state index in [1.54, 1.807) is 26.4 Å². The van der Waals surface area contributed by atoms with Crippen LogP contribution >= 0.6 is 11.6 Å². The molecule has 2 heterocycles. The first-order chi connectivity index (χ1) is 14.6. The lowest BCUT2D eigenvalue weighted by Gasteiger charge is -2.17. The first-order valence-electron chi connectivity index (χ1n) is 10.4. The summed E-state index contributed by atoms with van der Waals surface area (Å²) in [6, 6.07) is 3.56. The largest absolute Gasteiger partial charge is 0.343 e. The first-order valence-corrected chi connectivity index (χ1v) is 10.8. The standard InChI is InChI=1S/C25H30ClN3O2/c1-8-15(4)19(22(30)10-3)11-16(5)18(9-2)20-12-17-14-27-23(26)13-21(17)28-24(20)25(31)29(6)7/h9,11-14H,8,10H2,1-7H3/b16-11-,18-9+,19-15-. The van der Waals surface area contributed by atoms with E-state index >= 15 is 0 Å². The summed E-state index contributed by atoms with van der Waals surface area (Å²) in [6.07, 6.45) is 6.76. The number of halogens is 1. The smallest absolute Gasteiger partial charge is 0.272 e. The fourth-order valence-corrected chi connectivity index (χ4v) is 3.49. The highest BCUT2D eigenvalue weighted by molar-refractivity contribution is 6.30. The molecule has 2 aromatic rings. The van der Waals surface area contributed by atoms with Crippen molar-refractivity contribution in [2.24, 2.45) is 0 Å². The molecule has 0 spiro atoms. The van der Waals surface area contributed by atoms with Crippen molar-refractivity contribution in [1.82, 2.24) is 14.9 Å². The molecule has 164 valence electrons. The first kappa shape index (κ1) is 24.5. The summed E-state index contributed by atoms with van der Waals surface area (Å²) in [4.78, 5) is 35.8. The van der Waals surface area contributed by atoms with Gasteiger partial charge >= 0.3 is 0 Å². The van der Waals surface area contributed by atoms with Gasteiger partial charge in [0, 0.05) is 49.3 Å². The van der Waals surface area contributed by atoms with Crippen molar-refractivity contribution in [3.8, 4) is 0 Å². The summed E-state index contributed by atoms with van der Waals surface area (Å²) in [5, 5.41) is 1.10. The molecule has 0 saturated heterocycles. The van der Waals surface area contributed by atoms with E-state index in [-0.39, 0.29) is 11.7 Å². The lowest BCUT2D eigenvalue weighted by molar-refractivity contribution is -0.115. The van der Waals surface area contributed by atoms with E-state index in [0.717, 1.165) is 34.1 Å². The average Bonchev–Trinajstić information content (AvgIpc) is 2.75. The molecule has 0 unspecified atom stereocenters. The molecular formula is C25H30ClN3O2. The number of pyridine rings is 2. The second kappa shape index (κ2) is 10.5. The number of carbonyl (C=O) groups is 2. The van der Waals surface area contributed by atoms with Crippen LogP contribution in [0.15, 0.2) is 47.2 Å². The van der Waals surface area contributed by atoms with Crippen LogP contribution in [0.2, 0.25) is 5.15 Å². The number of carbonyl (C=O) groups excluding carboxylic acids is 2. The number of Topliss-reactive ketones (excluding diaryl/α,β-unsaturated/α-hetero) is 1. The van der Waals surface area contributed by atoms with Crippen LogP contribution in [0.5, 0.6) is 0 Å². The van der Waals surface area contributed by atoms with Crippen molar-refractivity contribution < 1.29 is 9.59 Å². The van der Waals surface area contributed by atoms with E-state index < -0.39 is 0 Å². The zero-order valence-electron chi connectivity index (χ0n) is 19.3. The Balaban J connectivity index is 2.77. The molecule has 2 aromatic heterocycles. The van der Waals surface area contributed by atoms with E-state index in [0.29, 0.717) is 28.3 Å². The summed E-state index contributed by atoms with van der Waals surface area (Å²) < 4.78 is 0. The number of fused-ring (bicyclic) bond motifs is 1. The third kappa shape index (κ3) is 5.47. The summed E-state index contributed by atoms with van der Waals surface area (Å²) in [5.41, 5.74) is 5.15. The van der Waals surface area contributed by atoms with Gasteiger partial charge in [-0.25, -0.2) is 9.97 Å². The van der Waals surface area contributed by atoms with Crippen molar-refractivity contribution in [3.63, 3.8) is 0 Å². The lowest BCUT2D eigenvalue weighted by atomic mass is 9.92. The quantitative estimate of drug-likeness (QED) is 0.299. The minimum absolute atomic E-state index is 0.106. The summed E-state index contributed by atoms with van der Waals surface area (Å²) in [6.45, 7) is 9.76. The predicted octanol–water partition coefficient (Wildman–Crippen LogP) is 6.04. The molecule has 6 heteroatoms. The maximum atomic E-state index is 13.0. The molecule has 0 saturated carbocycles. The third-order valence-corrected chi connectivity index (χ3v) is 5.46. The molecule has 0 aromatic carbocycles. The van der Waals surface area contributed by atoms with Crippen LogP contribution in [0.3, 0.4) is 0 Å². The number of amides is 1. The van der Waals surface area contributed by atoms with E-state index in [9.17, 15) is 9.59 Å².